The lowest BCUT2D eigenvalue weighted by atomic mass is 10.1. The molecule has 0 spiro atoms. The molecule has 2 aromatic carbocycles. The van der Waals surface area contributed by atoms with Crippen molar-refractivity contribution in [1.29, 1.82) is 0 Å². The van der Waals surface area contributed by atoms with E-state index in [-0.39, 0.29) is 5.43 Å². The van der Waals surface area contributed by atoms with Gasteiger partial charge in [-0.1, -0.05) is 29.8 Å². The molecule has 3 aromatic rings. The van der Waals surface area contributed by atoms with Gasteiger partial charge in [-0.05, 0) is 29.8 Å². The van der Waals surface area contributed by atoms with Crippen LogP contribution in [0.4, 0.5) is 0 Å². The molecule has 3 rings (SSSR count). The van der Waals surface area contributed by atoms with Crippen molar-refractivity contribution in [3.8, 4) is 11.5 Å². The first kappa shape index (κ1) is 16.1. The minimum Gasteiger partial charge on any atom is -0.493 e. The molecule has 1 heterocycles. The van der Waals surface area contributed by atoms with Gasteiger partial charge in [0.15, 0.2) is 16.9 Å². The van der Waals surface area contributed by atoms with Crippen molar-refractivity contribution in [1.82, 2.24) is 4.98 Å². The Morgan fingerprint density at radius 2 is 1.71 bits per heavy atom. The molecule has 1 aromatic heterocycles. The van der Waals surface area contributed by atoms with Gasteiger partial charge in [0.1, 0.15) is 0 Å². The van der Waals surface area contributed by atoms with E-state index >= 15 is 0 Å². The summed E-state index contributed by atoms with van der Waals surface area (Å²) in [5.74, 6) is 1.16. The van der Waals surface area contributed by atoms with Gasteiger partial charge in [-0.2, -0.15) is 0 Å². The lowest BCUT2D eigenvalue weighted by molar-refractivity contribution is 0.355. The van der Waals surface area contributed by atoms with Crippen molar-refractivity contribution in [3.63, 3.8) is 0 Å². The summed E-state index contributed by atoms with van der Waals surface area (Å²) in [6.07, 6.45) is 3.63. The number of nitrogens with one attached hydrogen (secondary N) is 1. The van der Waals surface area contributed by atoms with E-state index in [1.54, 1.807) is 44.6 Å². The van der Waals surface area contributed by atoms with Crippen LogP contribution >= 0.6 is 11.6 Å². The maximum atomic E-state index is 12.1. The summed E-state index contributed by atoms with van der Waals surface area (Å²) < 4.78 is 10.5. The van der Waals surface area contributed by atoms with Gasteiger partial charge >= 0.3 is 0 Å². The van der Waals surface area contributed by atoms with Gasteiger partial charge in [-0.25, -0.2) is 0 Å². The third-order valence-corrected chi connectivity index (χ3v) is 4.03. The van der Waals surface area contributed by atoms with E-state index in [1.807, 2.05) is 24.3 Å². The van der Waals surface area contributed by atoms with Gasteiger partial charge in [0.05, 0.1) is 19.2 Å². The zero-order chi connectivity index (χ0) is 17.1. The fourth-order valence-electron chi connectivity index (χ4n) is 2.48. The Balaban J connectivity index is 2.01. The molecule has 0 atom stereocenters. The van der Waals surface area contributed by atoms with Crippen LogP contribution in [0.3, 0.4) is 0 Å². The smallest absolute Gasteiger partial charge is 0.189 e. The predicted octanol–water partition coefficient (Wildman–Crippen LogP) is 4.37. The summed E-state index contributed by atoms with van der Waals surface area (Å²) in [6.45, 7) is 0. The van der Waals surface area contributed by atoms with Crippen LogP contribution < -0.4 is 14.9 Å². The molecule has 5 heteroatoms. The fraction of sp³-hybridized carbons (Fsp3) is 0.105. The highest BCUT2D eigenvalue weighted by Gasteiger charge is 2.08. The minimum absolute atomic E-state index is 0.0255. The monoisotopic (exact) mass is 341 g/mol. The van der Waals surface area contributed by atoms with Gasteiger partial charge in [0, 0.05) is 28.7 Å². The van der Waals surface area contributed by atoms with Crippen LogP contribution in [0.5, 0.6) is 11.5 Å². The third kappa shape index (κ3) is 3.14. The second-order valence-corrected chi connectivity index (χ2v) is 5.60. The molecule has 122 valence electrons. The Labute approximate surface area is 144 Å². The first-order valence-electron chi connectivity index (χ1n) is 7.34. The van der Waals surface area contributed by atoms with Gasteiger partial charge in [-0.15, -0.1) is 0 Å². The molecule has 0 bridgehead atoms. The van der Waals surface area contributed by atoms with Crippen LogP contribution in [0.1, 0.15) is 11.3 Å². The Morgan fingerprint density at radius 3 is 2.46 bits per heavy atom. The second kappa shape index (κ2) is 6.81. The normalized spacial score (nSPS) is 11.1. The average Bonchev–Trinajstić information content (AvgIpc) is 2.60. The molecule has 0 aliphatic rings. The van der Waals surface area contributed by atoms with Crippen molar-refractivity contribution in [2.24, 2.45) is 0 Å². The molecular formula is C19H16ClNO3. The van der Waals surface area contributed by atoms with Crippen LogP contribution in [0, 0.1) is 0 Å². The quantitative estimate of drug-likeness (QED) is 0.766. The van der Waals surface area contributed by atoms with Crippen LogP contribution in [0.25, 0.3) is 23.1 Å². The summed E-state index contributed by atoms with van der Waals surface area (Å²) in [5, 5.41) is 1.20. The summed E-state index contributed by atoms with van der Waals surface area (Å²) in [6, 6.07) is 12.4. The number of pyridine rings is 1. The average molecular weight is 342 g/mol. The number of halogens is 1. The number of rotatable bonds is 4. The molecule has 0 fully saturated rings. The number of hydrogen-bond donors (Lipinski definition) is 1. The second-order valence-electron chi connectivity index (χ2n) is 5.20. The summed E-state index contributed by atoms with van der Waals surface area (Å²) in [5.41, 5.74) is 2.23. The first-order chi connectivity index (χ1) is 11.6. The van der Waals surface area contributed by atoms with Gasteiger partial charge in [-0.3, -0.25) is 4.79 Å². The summed E-state index contributed by atoms with van der Waals surface area (Å²) >= 11 is 6.27. The largest absolute Gasteiger partial charge is 0.493 e. The standard InChI is InChI=1S/C19H16ClNO3/c1-23-18-9-12(15(20)11-19(18)24-2)7-8-13-10-17(22)14-5-3-4-6-16(14)21-13/h3-11H,1-2H3,(H,21,22). The van der Waals surface area contributed by atoms with Crippen LogP contribution in [-0.2, 0) is 0 Å². The molecule has 0 aliphatic carbocycles. The number of methoxy groups -OCH3 is 2. The van der Waals surface area contributed by atoms with E-state index in [0.29, 0.717) is 27.6 Å². The number of ether oxygens (including phenoxy) is 2. The summed E-state index contributed by atoms with van der Waals surface area (Å²) in [7, 11) is 3.13. The molecule has 0 saturated carbocycles. The third-order valence-electron chi connectivity index (χ3n) is 3.70. The molecule has 0 amide bonds. The minimum atomic E-state index is -0.0255. The number of aromatic nitrogens is 1. The Morgan fingerprint density at radius 1 is 1.00 bits per heavy atom. The highest BCUT2D eigenvalue weighted by Crippen LogP contribution is 2.33. The van der Waals surface area contributed by atoms with E-state index in [1.165, 1.54) is 0 Å². The molecular weight excluding hydrogens is 326 g/mol. The van der Waals surface area contributed by atoms with Gasteiger partial charge in [0.25, 0.3) is 0 Å². The predicted molar refractivity (Wildman–Crippen MR) is 98.1 cm³/mol. The molecule has 0 unspecified atom stereocenters. The molecule has 4 nitrogen and oxygen atoms in total. The van der Waals surface area contributed by atoms with Gasteiger partial charge in [0.2, 0.25) is 0 Å². The molecule has 24 heavy (non-hydrogen) atoms. The number of aromatic amines is 1. The lowest BCUT2D eigenvalue weighted by Crippen LogP contribution is -2.02. The van der Waals surface area contributed by atoms with Crippen molar-refractivity contribution in [2.45, 2.75) is 0 Å². The molecule has 0 radical (unpaired) electrons. The Kier molecular flexibility index (Phi) is 4.58. The number of H-pyrrole nitrogens is 1. The van der Waals surface area contributed by atoms with Crippen LogP contribution in [0.15, 0.2) is 47.3 Å². The number of fused-ring (bicyclic) bond motifs is 1. The highest BCUT2D eigenvalue weighted by atomic mass is 35.5. The lowest BCUT2D eigenvalue weighted by Gasteiger charge is -2.09. The zero-order valence-corrected chi connectivity index (χ0v) is 14.1. The zero-order valence-electron chi connectivity index (χ0n) is 13.3. The number of benzene rings is 2. The van der Waals surface area contributed by atoms with E-state index < -0.39 is 0 Å². The van der Waals surface area contributed by atoms with E-state index in [2.05, 4.69) is 4.98 Å². The van der Waals surface area contributed by atoms with Crippen LogP contribution in [-0.4, -0.2) is 19.2 Å². The van der Waals surface area contributed by atoms with Crippen molar-refractivity contribution < 1.29 is 9.47 Å². The van der Waals surface area contributed by atoms with Crippen molar-refractivity contribution in [2.75, 3.05) is 14.2 Å². The molecule has 0 aliphatic heterocycles. The maximum absolute atomic E-state index is 12.1. The van der Waals surface area contributed by atoms with Gasteiger partial charge < -0.3 is 14.5 Å². The van der Waals surface area contributed by atoms with E-state index in [9.17, 15) is 4.79 Å². The summed E-state index contributed by atoms with van der Waals surface area (Å²) in [4.78, 5) is 15.4. The first-order valence-corrected chi connectivity index (χ1v) is 7.72. The number of hydrogen-bond acceptors (Lipinski definition) is 3. The maximum Gasteiger partial charge on any atom is 0.189 e. The van der Waals surface area contributed by atoms with Crippen LogP contribution in [0.2, 0.25) is 5.02 Å². The van der Waals surface area contributed by atoms with Crippen molar-refractivity contribution in [3.05, 3.63) is 69.0 Å². The molecule has 0 saturated heterocycles. The number of para-hydroxylation sites is 1. The topological polar surface area (TPSA) is 51.3 Å². The Hall–Kier alpha value is -2.72. The fourth-order valence-corrected chi connectivity index (χ4v) is 2.70. The van der Waals surface area contributed by atoms with E-state index in [0.717, 1.165) is 11.1 Å². The van der Waals surface area contributed by atoms with Crippen molar-refractivity contribution >= 4 is 34.7 Å². The molecule has 1 N–H and O–H groups in total. The Bertz CT molecular complexity index is 976. The van der Waals surface area contributed by atoms with E-state index in [4.69, 9.17) is 21.1 Å². The highest BCUT2D eigenvalue weighted by molar-refractivity contribution is 6.32. The SMILES string of the molecule is COc1cc(Cl)c(C=Cc2cc(=O)c3ccccc3[nH]2)cc1OC.